The van der Waals surface area contributed by atoms with Crippen LogP contribution in [0.25, 0.3) is 0 Å². The number of hydrogen-bond acceptors (Lipinski definition) is 3. The summed E-state index contributed by atoms with van der Waals surface area (Å²) in [6, 6.07) is 5.48. The van der Waals surface area contributed by atoms with Gasteiger partial charge in [0.1, 0.15) is 12.4 Å². The first-order chi connectivity index (χ1) is 12.0. The van der Waals surface area contributed by atoms with Gasteiger partial charge in [-0.1, -0.05) is 24.4 Å². The van der Waals surface area contributed by atoms with Crippen LogP contribution in [0.4, 0.5) is 0 Å². The second-order valence-corrected chi connectivity index (χ2v) is 7.99. The largest absolute Gasteiger partial charge is 0.491 e. The minimum atomic E-state index is -0.0141. The molecule has 0 radical (unpaired) electrons. The fourth-order valence-electron chi connectivity index (χ4n) is 4.42. The van der Waals surface area contributed by atoms with Crippen LogP contribution in [0.1, 0.15) is 37.7 Å². The highest BCUT2D eigenvalue weighted by molar-refractivity contribution is 6.30. The van der Waals surface area contributed by atoms with Gasteiger partial charge in [-0.3, -0.25) is 9.59 Å². The molecule has 0 N–H and O–H groups in total. The molecule has 1 spiro atoms. The van der Waals surface area contributed by atoms with Crippen molar-refractivity contribution in [1.29, 1.82) is 0 Å². The average molecular weight is 363 g/mol. The van der Waals surface area contributed by atoms with Crippen LogP contribution in [-0.4, -0.2) is 47.9 Å². The summed E-state index contributed by atoms with van der Waals surface area (Å²) in [6.45, 7) is 2.37. The molecule has 0 bridgehead atoms. The predicted molar refractivity (Wildman–Crippen MR) is 94.5 cm³/mol. The lowest BCUT2D eigenvalue weighted by Crippen LogP contribution is -2.42. The molecule has 1 aromatic carbocycles. The number of nitrogens with zero attached hydrogens (tertiary/aromatic N) is 2. The second-order valence-electron chi connectivity index (χ2n) is 7.55. The summed E-state index contributed by atoms with van der Waals surface area (Å²) in [5.41, 5.74) is 1.05. The Bertz CT molecular complexity index is 700. The number of halogens is 1. The molecule has 2 amide bonds. The van der Waals surface area contributed by atoms with Crippen LogP contribution < -0.4 is 4.74 Å². The van der Waals surface area contributed by atoms with E-state index in [1.54, 1.807) is 15.9 Å². The molecule has 5 nitrogen and oxygen atoms in total. The zero-order valence-electron chi connectivity index (χ0n) is 14.3. The summed E-state index contributed by atoms with van der Waals surface area (Å²) in [5, 5.41) is 0.634. The molecule has 4 rings (SSSR count). The maximum absolute atomic E-state index is 12.8. The third kappa shape index (κ3) is 3.34. The minimum Gasteiger partial charge on any atom is -0.491 e. The van der Waals surface area contributed by atoms with Crippen molar-refractivity contribution in [1.82, 2.24) is 9.80 Å². The third-order valence-corrected chi connectivity index (χ3v) is 5.99. The molecule has 3 aliphatic rings. The minimum absolute atomic E-state index is 0.0141. The molecule has 0 atom stereocenters. The predicted octanol–water partition coefficient (Wildman–Crippen LogP) is 2.85. The van der Waals surface area contributed by atoms with Gasteiger partial charge in [0.2, 0.25) is 11.8 Å². The van der Waals surface area contributed by atoms with E-state index >= 15 is 0 Å². The number of benzene rings is 1. The van der Waals surface area contributed by atoms with E-state index in [2.05, 4.69) is 0 Å². The fourth-order valence-corrected chi connectivity index (χ4v) is 4.62. The number of likely N-dealkylation sites (tertiary alicyclic amines) is 1. The number of rotatable bonds is 2. The van der Waals surface area contributed by atoms with Crippen LogP contribution in [0.5, 0.6) is 5.75 Å². The monoisotopic (exact) mass is 362 g/mol. The topological polar surface area (TPSA) is 49.9 Å². The van der Waals surface area contributed by atoms with E-state index in [1.807, 2.05) is 12.1 Å². The number of fused-ring (bicyclic) bond motifs is 1. The van der Waals surface area contributed by atoms with Crippen LogP contribution >= 0.6 is 11.6 Å². The number of hydrogen-bond donors (Lipinski definition) is 0. The summed E-state index contributed by atoms with van der Waals surface area (Å²) >= 11 is 6.07. The van der Waals surface area contributed by atoms with Gasteiger partial charge in [-0.15, -0.1) is 0 Å². The van der Waals surface area contributed by atoms with Crippen molar-refractivity contribution in [3.05, 3.63) is 28.8 Å². The van der Waals surface area contributed by atoms with Crippen molar-refractivity contribution in [2.75, 3.05) is 26.2 Å². The maximum atomic E-state index is 12.8. The number of ether oxygens (including phenoxy) is 1. The first kappa shape index (κ1) is 16.7. The lowest BCUT2D eigenvalue weighted by Gasteiger charge is -2.25. The van der Waals surface area contributed by atoms with Crippen molar-refractivity contribution in [2.24, 2.45) is 5.41 Å². The van der Waals surface area contributed by atoms with Gasteiger partial charge in [0.05, 0.1) is 13.1 Å². The fraction of sp³-hybridized carbons (Fsp3) is 0.579. The van der Waals surface area contributed by atoms with Crippen molar-refractivity contribution >= 4 is 23.4 Å². The highest BCUT2D eigenvalue weighted by atomic mass is 35.5. The van der Waals surface area contributed by atoms with Gasteiger partial charge in [0.15, 0.2) is 0 Å². The molecule has 1 saturated heterocycles. The molecule has 25 heavy (non-hydrogen) atoms. The Morgan fingerprint density at radius 1 is 1.28 bits per heavy atom. The van der Waals surface area contributed by atoms with E-state index in [1.165, 1.54) is 12.8 Å². The van der Waals surface area contributed by atoms with Crippen molar-refractivity contribution in [2.45, 2.75) is 38.6 Å². The molecule has 134 valence electrons. The summed E-state index contributed by atoms with van der Waals surface area (Å²) in [4.78, 5) is 28.7. The molecule has 0 unspecified atom stereocenters. The van der Waals surface area contributed by atoms with E-state index in [4.69, 9.17) is 16.3 Å². The summed E-state index contributed by atoms with van der Waals surface area (Å²) in [7, 11) is 0. The van der Waals surface area contributed by atoms with E-state index in [-0.39, 0.29) is 23.8 Å². The zero-order chi connectivity index (χ0) is 17.4. The van der Waals surface area contributed by atoms with Crippen LogP contribution in [0.15, 0.2) is 18.2 Å². The lowest BCUT2D eigenvalue weighted by molar-refractivity contribution is -0.138. The molecular formula is C19H23ClN2O3. The van der Waals surface area contributed by atoms with Crippen molar-refractivity contribution in [3.8, 4) is 5.75 Å². The summed E-state index contributed by atoms with van der Waals surface area (Å²) in [6.07, 6.45) is 5.26. The Labute approximate surface area is 152 Å². The Morgan fingerprint density at radius 2 is 2.08 bits per heavy atom. The molecule has 1 saturated carbocycles. The van der Waals surface area contributed by atoms with Crippen LogP contribution in [-0.2, 0) is 16.1 Å². The molecule has 1 aliphatic carbocycles. The van der Waals surface area contributed by atoms with Gasteiger partial charge >= 0.3 is 0 Å². The summed E-state index contributed by atoms with van der Waals surface area (Å²) < 4.78 is 5.72. The van der Waals surface area contributed by atoms with Crippen molar-refractivity contribution in [3.63, 3.8) is 0 Å². The number of carbonyl (C=O) groups excluding carboxylic acids is 2. The van der Waals surface area contributed by atoms with E-state index in [0.717, 1.165) is 30.7 Å². The van der Waals surface area contributed by atoms with Gasteiger partial charge < -0.3 is 14.5 Å². The highest BCUT2D eigenvalue weighted by Crippen LogP contribution is 2.45. The van der Waals surface area contributed by atoms with Gasteiger partial charge in [0.25, 0.3) is 0 Å². The lowest BCUT2D eigenvalue weighted by atomic mass is 9.85. The SMILES string of the molecule is O=C(CN1CC2(CCCC2)CC1=O)N1CCOc2ccc(Cl)cc2C1. The van der Waals surface area contributed by atoms with Crippen LogP contribution in [0.2, 0.25) is 5.02 Å². The Hall–Kier alpha value is -1.75. The van der Waals surface area contributed by atoms with Gasteiger partial charge in [-0.05, 0) is 36.5 Å². The quantitative estimate of drug-likeness (QED) is 0.812. The van der Waals surface area contributed by atoms with Gasteiger partial charge in [0, 0.05) is 30.1 Å². The highest BCUT2D eigenvalue weighted by Gasteiger charge is 2.45. The van der Waals surface area contributed by atoms with E-state index in [9.17, 15) is 9.59 Å². The first-order valence-corrected chi connectivity index (χ1v) is 9.39. The number of carbonyl (C=O) groups is 2. The first-order valence-electron chi connectivity index (χ1n) is 9.02. The molecule has 2 aliphatic heterocycles. The standard InChI is InChI=1S/C19H23ClN2O3/c20-15-3-4-16-14(9-15)11-21(7-8-25-16)18(24)12-22-13-19(10-17(22)23)5-1-2-6-19/h3-4,9H,1-2,5-8,10-13H2. The molecule has 2 fully saturated rings. The zero-order valence-corrected chi connectivity index (χ0v) is 15.1. The Kier molecular flexibility index (Phi) is 4.36. The van der Waals surface area contributed by atoms with Gasteiger partial charge in [-0.2, -0.15) is 0 Å². The smallest absolute Gasteiger partial charge is 0.242 e. The maximum Gasteiger partial charge on any atom is 0.242 e. The summed E-state index contributed by atoms with van der Waals surface area (Å²) in [5.74, 6) is 0.895. The average Bonchev–Trinajstić information content (AvgIpc) is 3.07. The van der Waals surface area contributed by atoms with Crippen molar-refractivity contribution < 1.29 is 14.3 Å². The normalized spacial score (nSPS) is 22.0. The third-order valence-electron chi connectivity index (χ3n) is 5.75. The Balaban J connectivity index is 1.43. The molecular weight excluding hydrogens is 340 g/mol. The Morgan fingerprint density at radius 3 is 2.88 bits per heavy atom. The molecule has 1 aromatic rings. The van der Waals surface area contributed by atoms with E-state index in [0.29, 0.717) is 31.1 Å². The van der Waals surface area contributed by atoms with Crippen LogP contribution in [0.3, 0.4) is 0 Å². The molecule has 2 heterocycles. The van der Waals surface area contributed by atoms with E-state index < -0.39 is 0 Å². The van der Waals surface area contributed by atoms with Crippen LogP contribution in [0, 0.1) is 5.41 Å². The molecule has 6 heteroatoms. The number of amides is 2. The molecule has 0 aromatic heterocycles. The second kappa shape index (κ2) is 6.52. The van der Waals surface area contributed by atoms with Gasteiger partial charge in [-0.25, -0.2) is 0 Å².